The van der Waals surface area contributed by atoms with E-state index in [1.807, 2.05) is 35.7 Å². The first-order valence-corrected chi connectivity index (χ1v) is 9.27. The van der Waals surface area contributed by atoms with Gasteiger partial charge in [-0.05, 0) is 44.4 Å². The first-order valence-electron chi connectivity index (χ1n) is 9.27. The van der Waals surface area contributed by atoms with Crippen molar-refractivity contribution in [2.45, 2.75) is 34.1 Å². The van der Waals surface area contributed by atoms with E-state index in [-0.39, 0.29) is 0 Å². The van der Waals surface area contributed by atoms with Crippen molar-refractivity contribution in [2.75, 3.05) is 26.1 Å². The number of anilines is 1. The highest BCUT2D eigenvalue weighted by Crippen LogP contribution is 2.34. The largest absolute Gasteiger partial charge is 0.493 e. The number of aryl methyl sites for hydroxylation is 2. The Morgan fingerprint density at radius 1 is 1.07 bits per heavy atom. The number of hydrogen-bond donors (Lipinski definition) is 1. The number of fused-ring (bicyclic) bond motifs is 1. The van der Waals surface area contributed by atoms with Crippen LogP contribution in [0.15, 0.2) is 24.3 Å². The third-order valence-electron chi connectivity index (χ3n) is 4.63. The number of rotatable bonds is 7. The third-order valence-corrected chi connectivity index (χ3v) is 4.63. The summed E-state index contributed by atoms with van der Waals surface area (Å²) in [5, 5.41) is 8.36. The van der Waals surface area contributed by atoms with Gasteiger partial charge in [0.1, 0.15) is 5.82 Å². The van der Waals surface area contributed by atoms with E-state index in [9.17, 15) is 0 Å². The van der Waals surface area contributed by atoms with Crippen molar-refractivity contribution in [3.63, 3.8) is 0 Å². The van der Waals surface area contributed by atoms with E-state index in [1.54, 1.807) is 14.2 Å². The summed E-state index contributed by atoms with van der Waals surface area (Å²) in [5.41, 5.74) is 4.74. The smallest absolute Gasteiger partial charge is 0.161 e. The molecule has 0 fully saturated rings. The van der Waals surface area contributed by atoms with E-state index < -0.39 is 0 Å². The van der Waals surface area contributed by atoms with Crippen LogP contribution in [0, 0.1) is 19.8 Å². The molecule has 3 rings (SSSR count). The Morgan fingerprint density at radius 3 is 2.48 bits per heavy atom. The zero-order valence-electron chi connectivity index (χ0n) is 17.0. The van der Waals surface area contributed by atoms with Crippen LogP contribution in [0.4, 0.5) is 5.82 Å². The number of hydrogen-bond acceptors (Lipinski definition) is 5. The summed E-state index contributed by atoms with van der Waals surface area (Å²) in [6.07, 6.45) is 1.10. The van der Waals surface area contributed by atoms with Crippen LogP contribution in [-0.2, 0) is 0 Å². The van der Waals surface area contributed by atoms with E-state index in [2.05, 4.69) is 26.1 Å². The normalized spacial score (nSPS) is 11.2. The fourth-order valence-electron chi connectivity index (χ4n) is 3.12. The molecule has 0 radical (unpaired) electrons. The van der Waals surface area contributed by atoms with Gasteiger partial charge in [0, 0.05) is 29.4 Å². The van der Waals surface area contributed by atoms with Crippen molar-refractivity contribution < 1.29 is 9.47 Å². The van der Waals surface area contributed by atoms with E-state index >= 15 is 0 Å². The highest BCUT2D eigenvalue weighted by molar-refractivity contribution is 5.73. The maximum Gasteiger partial charge on any atom is 0.161 e. The van der Waals surface area contributed by atoms with Crippen LogP contribution in [0.5, 0.6) is 11.5 Å². The van der Waals surface area contributed by atoms with Gasteiger partial charge in [0.15, 0.2) is 17.1 Å². The monoisotopic (exact) mass is 368 g/mol. The molecule has 2 heterocycles. The predicted octanol–water partition coefficient (Wildman–Crippen LogP) is 4.49. The number of benzene rings is 1. The molecule has 0 unspecified atom stereocenters. The predicted molar refractivity (Wildman–Crippen MR) is 109 cm³/mol. The lowest BCUT2D eigenvalue weighted by Crippen LogP contribution is -2.10. The Labute approximate surface area is 160 Å². The third kappa shape index (κ3) is 3.84. The van der Waals surface area contributed by atoms with Crippen LogP contribution in [0.2, 0.25) is 0 Å². The molecule has 27 heavy (non-hydrogen) atoms. The molecule has 0 saturated heterocycles. The Balaban J connectivity index is 2.06. The first-order chi connectivity index (χ1) is 12.9. The number of nitrogens with zero attached hydrogens (tertiary/aromatic N) is 3. The summed E-state index contributed by atoms with van der Waals surface area (Å²) in [7, 11) is 3.27. The van der Waals surface area contributed by atoms with Crippen molar-refractivity contribution >= 4 is 11.5 Å². The van der Waals surface area contributed by atoms with Crippen molar-refractivity contribution in [1.82, 2.24) is 14.6 Å². The maximum atomic E-state index is 5.44. The van der Waals surface area contributed by atoms with Crippen LogP contribution in [0.25, 0.3) is 16.9 Å². The zero-order valence-corrected chi connectivity index (χ0v) is 17.0. The molecule has 1 aromatic carbocycles. The molecule has 6 nitrogen and oxygen atoms in total. The van der Waals surface area contributed by atoms with Gasteiger partial charge in [0.05, 0.1) is 19.9 Å². The number of nitrogens with one attached hydrogen (secondary N) is 1. The molecule has 3 aromatic rings. The minimum atomic E-state index is 0.651. The van der Waals surface area contributed by atoms with Gasteiger partial charge in [-0.3, -0.25) is 0 Å². The van der Waals surface area contributed by atoms with E-state index in [0.717, 1.165) is 46.9 Å². The molecule has 0 aliphatic carbocycles. The molecule has 0 aliphatic rings. The van der Waals surface area contributed by atoms with Crippen LogP contribution in [-0.4, -0.2) is 35.4 Å². The number of aromatic nitrogens is 3. The average molecular weight is 368 g/mol. The summed E-state index contributed by atoms with van der Waals surface area (Å²) in [4.78, 5) is 4.71. The second-order valence-corrected chi connectivity index (χ2v) is 7.17. The quantitative estimate of drug-likeness (QED) is 0.666. The van der Waals surface area contributed by atoms with E-state index in [0.29, 0.717) is 17.4 Å². The highest BCUT2D eigenvalue weighted by atomic mass is 16.5. The molecule has 0 bridgehead atoms. The standard InChI is InChI=1S/C21H28N4O2/c1-13(2)9-10-22-19-11-14(3)23-21-15(4)20(24-25(19)21)16-7-8-17(26-5)18(12-16)27-6/h7-8,11-13,22H,9-10H2,1-6H3. The van der Waals surface area contributed by atoms with Crippen LogP contribution in [0.3, 0.4) is 0 Å². The summed E-state index contributed by atoms with van der Waals surface area (Å²) >= 11 is 0. The van der Waals surface area contributed by atoms with Crippen molar-refractivity contribution in [3.8, 4) is 22.8 Å². The summed E-state index contributed by atoms with van der Waals surface area (Å²) in [5.74, 6) is 3.00. The highest BCUT2D eigenvalue weighted by Gasteiger charge is 2.17. The van der Waals surface area contributed by atoms with Crippen molar-refractivity contribution in [3.05, 3.63) is 35.5 Å². The van der Waals surface area contributed by atoms with Gasteiger partial charge in [-0.1, -0.05) is 13.8 Å². The Hall–Kier alpha value is -2.76. The fraction of sp³-hybridized carbons (Fsp3) is 0.429. The molecular weight excluding hydrogens is 340 g/mol. The van der Waals surface area contributed by atoms with Crippen molar-refractivity contribution in [2.24, 2.45) is 5.92 Å². The summed E-state index contributed by atoms with van der Waals surface area (Å²) in [6, 6.07) is 7.89. The lowest BCUT2D eigenvalue weighted by Gasteiger charge is -2.10. The molecular formula is C21H28N4O2. The SMILES string of the molecule is COc1ccc(-c2nn3c(NCCC(C)C)cc(C)nc3c2C)cc1OC. The van der Waals surface area contributed by atoms with Crippen LogP contribution in [0.1, 0.15) is 31.5 Å². The molecule has 0 aliphatic heterocycles. The zero-order chi connectivity index (χ0) is 19.6. The topological polar surface area (TPSA) is 60.7 Å². The van der Waals surface area contributed by atoms with E-state index in [4.69, 9.17) is 19.6 Å². The fourth-order valence-corrected chi connectivity index (χ4v) is 3.12. The Bertz CT molecular complexity index is 947. The Morgan fingerprint density at radius 2 is 1.81 bits per heavy atom. The van der Waals surface area contributed by atoms with Crippen LogP contribution >= 0.6 is 0 Å². The average Bonchev–Trinajstić information content (AvgIpc) is 2.97. The van der Waals surface area contributed by atoms with Crippen molar-refractivity contribution in [1.29, 1.82) is 0 Å². The summed E-state index contributed by atoms with van der Waals surface area (Å²) < 4.78 is 12.7. The van der Waals surface area contributed by atoms with Gasteiger partial charge in [-0.25, -0.2) is 4.98 Å². The second-order valence-electron chi connectivity index (χ2n) is 7.17. The maximum absolute atomic E-state index is 5.44. The first kappa shape index (κ1) is 19.0. The molecule has 2 aromatic heterocycles. The molecule has 0 spiro atoms. The molecule has 144 valence electrons. The second kappa shape index (κ2) is 7.86. The molecule has 0 saturated carbocycles. The molecule has 1 N–H and O–H groups in total. The number of ether oxygens (including phenoxy) is 2. The van der Waals surface area contributed by atoms with Gasteiger partial charge >= 0.3 is 0 Å². The van der Waals surface area contributed by atoms with Gasteiger partial charge < -0.3 is 14.8 Å². The number of methoxy groups -OCH3 is 2. The van der Waals surface area contributed by atoms with Gasteiger partial charge in [-0.15, -0.1) is 0 Å². The van der Waals surface area contributed by atoms with Gasteiger partial charge in [0.2, 0.25) is 0 Å². The molecule has 0 amide bonds. The molecule has 0 atom stereocenters. The van der Waals surface area contributed by atoms with Gasteiger partial charge in [0.25, 0.3) is 0 Å². The molecule has 6 heteroatoms. The van der Waals surface area contributed by atoms with Gasteiger partial charge in [-0.2, -0.15) is 9.61 Å². The van der Waals surface area contributed by atoms with Crippen LogP contribution < -0.4 is 14.8 Å². The van der Waals surface area contributed by atoms with E-state index in [1.165, 1.54) is 0 Å². The minimum Gasteiger partial charge on any atom is -0.493 e. The summed E-state index contributed by atoms with van der Waals surface area (Å²) in [6.45, 7) is 9.42. The minimum absolute atomic E-state index is 0.651. The lowest BCUT2D eigenvalue weighted by molar-refractivity contribution is 0.355. The lowest BCUT2D eigenvalue weighted by atomic mass is 10.1. The Kier molecular flexibility index (Phi) is 5.54.